The third-order valence-electron chi connectivity index (χ3n) is 5.34. The van der Waals surface area contributed by atoms with Gasteiger partial charge in [0.2, 0.25) is 11.8 Å². The molecule has 2 amide bonds. The lowest BCUT2D eigenvalue weighted by Gasteiger charge is -2.29. The first-order valence-corrected chi connectivity index (χ1v) is 9.16. The molecule has 28 heavy (non-hydrogen) atoms. The van der Waals surface area contributed by atoms with Crippen LogP contribution in [0.25, 0.3) is 0 Å². The van der Waals surface area contributed by atoms with Crippen molar-refractivity contribution in [3.05, 3.63) is 65.2 Å². The average molecular weight is 388 g/mol. The SMILES string of the molecule is O=C(Nc1cccc(C(F)(F)F)c1)C1CC1C(=O)N1CCc2ccccc2C1. The molecule has 1 aliphatic heterocycles. The van der Waals surface area contributed by atoms with Crippen molar-refractivity contribution in [2.75, 3.05) is 11.9 Å². The number of halogens is 3. The number of rotatable bonds is 3. The van der Waals surface area contributed by atoms with Gasteiger partial charge in [-0.25, -0.2) is 0 Å². The molecule has 146 valence electrons. The van der Waals surface area contributed by atoms with Crippen molar-refractivity contribution in [2.24, 2.45) is 11.8 Å². The number of fused-ring (bicyclic) bond motifs is 1. The van der Waals surface area contributed by atoms with Crippen molar-refractivity contribution in [2.45, 2.75) is 25.6 Å². The van der Waals surface area contributed by atoms with E-state index in [2.05, 4.69) is 11.4 Å². The van der Waals surface area contributed by atoms with Gasteiger partial charge in [-0.1, -0.05) is 30.3 Å². The van der Waals surface area contributed by atoms with Crippen LogP contribution in [0, 0.1) is 11.8 Å². The first-order chi connectivity index (χ1) is 13.3. The van der Waals surface area contributed by atoms with Crippen LogP contribution >= 0.6 is 0 Å². The van der Waals surface area contributed by atoms with E-state index in [0.717, 1.165) is 24.1 Å². The zero-order valence-corrected chi connectivity index (χ0v) is 15.0. The van der Waals surface area contributed by atoms with Gasteiger partial charge >= 0.3 is 6.18 Å². The van der Waals surface area contributed by atoms with Crippen LogP contribution in [0.5, 0.6) is 0 Å². The maximum Gasteiger partial charge on any atom is 0.416 e. The molecule has 0 aromatic heterocycles. The van der Waals surface area contributed by atoms with E-state index in [1.165, 1.54) is 17.7 Å². The first kappa shape index (κ1) is 18.5. The molecule has 0 saturated heterocycles. The molecular formula is C21H19F3N2O2. The van der Waals surface area contributed by atoms with Gasteiger partial charge in [0.1, 0.15) is 0 Å². The number of benzene rings is 2. The van der Waals surface area contributed by atoms with E-state index in [0.29, 0.717) is 19.5 Å². The summed E-state index contributed by atoms with van der Waals surface area (Å²) in [5.41, 5.74) is 1.62. The Labute approximate surface area is 160 Å². The van der Waals surface area contributed by atoms with Gasteiger partial charge in [0, 0.05) is 18.8 Å². The maximum atomic E-state index is 12.8. The Morgan fingerprint density at radius 2 is 1.75 bits per heavy atom. The average Bonchev–Trinajstić information content (AvgIpc) is 3.47. The molecule has 2 unspecified atom stereocenters. The van der Waals surface area contributed by atoms with E-state index in [-0.39, 0.29) is 11.6 Å². The summed E-state index contributed by atoms with van der Waals surface area (Å²) in [7, 11) is 0. The Bertz CT molecular complexity index is 926. The lowest BCUT2D eigenvalue weighted by molar-refractivity contribution is -0.137. The molecule has 1 N–H and O–H groups in total. The molecule has 4 rings (SSSR count). The highest BCUT2D eigenvalue weighted by Crippen LogP contribution is 2.42. The molecule has 1 aliphatic carbocycles. The standard InChI is InChI=1S/C21H19F3N2O2/c22-21(23,24)15-6-3-7-16(10-15)25-19(27)17-11-18(17)20(28)26-9-8-13-4-1-2-5-14(13)12-26/h1-7,10,17-18H,8-9,11-12H2,(H,25,27). The molecule has 2 aliphatic rings. The molecule has 0 radical (unpaired) electrons. The van der Waals surface area contributed by atoms with Crippen LogP contribution in [0.1, 0.15) is 23.1 Å². The van der Waals surface area contributed by atoms with Gasteiger partial charge in [-0.2, -0.15) is 13.2 Å². The molecule has 7 heteroatoms. The van der Waals surface area contributed by atoms with Crippen molar-refractivity contribution in [3.8, 4) is 0 Å². The lowest BCUT2D eigenvalue weighted by atomic mass is 9.99. The Balaban J connectivity index is 1.37. The van der Waals surface area contributed by atoms with E-state index in [1.807, 2.05) is 18.2 Å². The Morgan fingerprint density at radius 3 is 2.50 bits per heavy atom. The molecule has 2 aromatic rings. The number of alkyl halides is 3. The number of hydrogen-bond donors (Lipinski definition) is 1. The molecule has 2 atom stereocenters. The molecule has 1 heterocycles. The minimum absolute atomic E-state index is 0.0568. The van der Waals surface area contributed by atoms with Crippen molar-refractivity contribution in [1.82, 2.24) is 4.90 Å². The van der Waals surface area contributed by atoms with Gasteiger partial charge in [0.15, 0.2) is 0 Å². The molecule has 4 nitrogen and oxygen atoms in total. The number of hydrogen-bond acceptors (Lipinski definition) is 2. The van der Waals surface area contributed by atoms with Gasteiger partial charge in [-0.15, -0.1) is 0 Å². The van der Waals surface area contributed by atoms with Crippen molar-refractivity contribution in [1.29, 1.82) is 0 Å². The summed E-state index contributed by atoms with van der Waals surface area (Å²) in [6.07, 6.45) is -3.25. The van der Waals surface area contributed by atoms with Gasteiger partial charge in [-0.05, 0) is 42.2 Å². The third kappa shape index (κ3) is 3.74. The second-order valence-electron chi connectivity index (χ2n) is 7.30. The van der Waals surface area contributed by atoms with Crippen LogP contribution < -0.4 is 5.32 Å². The topological polar surface area (TPSA) is 49.4 Å². The van der Waals surface area contributed by atoms with Gasteiger partial charge in [-0.3, -0.25) is 9.59 Å². The second kappa shape index (κ2) is 6.96. The summed E-state index contributed by atoms with van der Waals surface area (Å²) in [6.45, 7) is 1.15. The summed E-state index contributed by atoms with van der Waals surface area (Å²) < 4.78 is 38.4. The molecular weight excluding hydrogens is 369 g/mol. The van der Waals surface area contributed by atoms with E-state index in [4.69, 9.17) is 0 Å². The molecule has 1 saturated carbocycles. The second-order valence-corrected chi connectivity index (χ2v) is 7.30. The van der Waals surface area contributed by atoms with Crippen LogP contribution in [0.4, 0.5) is 18.9 Å². The Kier molecular flexibility index (Phi) is 4.61. The minimum Gasteiger partial charge on any atom is -0.338 e. The van der Waals surface area contributed by atoms with Crippen LogP contribution in [-0.4, -0.2) is 23.3 Å². The normalized spacial score (nSPS) is 21.0. The fourth-order valence-electron chi connectivity index (χ4n) is 3.68. The van der Waals surface area contributed by atoms with E-state index >= 15 is 0 Å². The third-order valence-corrected chi connectivity index (χ3v) is 5.34. The van der Waals surface area contributed by atoms with Crippen LogP contribution in [-0.2, 0) is 28.7 Å². The van der Waals surface area contributed by atoms with Crippen LogP contribution in [0.2, 0.25) is 0 Å². The van der Waals surface area contributed by atoms with Gasteiger partial charge < -0.3 is 10.2 Å². The van der Waals surface area contributed by atoms with Crippen molar-refractivity contribution >= 4 is 17.5 Å². The monoisotopic (exact) mass is 388 g/mol. The number of carbonyl (C=O) groups excluding carboxylic acids is 2. The number of amides is 2. The summed E-state index contributed by atoms with van der Waals surface area (Å²) in [6, 6.07) is 12.5. The smallest absolute Gasteiger partial charge is 0.338 e. The predicted molar refractivity (Wildman–Crippen MR) is 97.2 cm³/mol. The molecule has 0 spiro atoms. The lowest BCUT2D eigenvalue weighted by Crippen LogP contribution is -2.37. The summed E-state index contributed by atoms with van der Waals surface area (Å²) >= 11 is 0. The number of anilines is 1. The zero-order valence-electron chi connectivity index (χ0n) is 15.0. The highest BCUT2D eigenvalue weighted by molar-refractivity contribution is 5.99. The fourth-order valence-corrected chi connectivity index (χ4v) is 3.68. The summed E-state index contributed by atoms with van der Waals surface area (Å²) in [5, 5.41) is 2.51. The Hall–Kier alpha value is -2.83. The van der Waals surface area contributed by atoms with Crippen molar-refractivity contribution < 1.29 is 22.8 Å². The van der Waals surface area contributed by atoms with E-state index in [9.17, 15) is 22.8 Å². The Morgan fingerprint density at radius 1 is 1.00 bits per heavy atom. The number of nitrogens with one attached hydrogen (secondary N) is 1. The maximum absolute atomic E-state index is 12.8. The molecule has 1 fully saturated rings. The van der Waals surface area contributed by atoms with E-state index < -0.39 is 29.5 Å². The highest BCUT2D eigenvalue weighted by Gasteiger charge is 2.49. The van der Waals surface area contributed by atoms with Crippen molar-refractivity contribution in [3.63, 3.8) is 0 Å². The molecule has 0 bridgehead atoms. The van der Waals surface area contributed by atoms with E-state index in [1.54, 1.807) is 4.90 Å². The van der Waals surface area contributed by atoms with Gasteiger partial charge in [0.05, 0.1) is 17.4 Å². The largest absolute Gasteiger partial charge is 0.416 e. The summed E-state index contributed by atoms with van der Waals surface area (Å²) in [5.74, 6) is -1.34. The minimum atomic E-state index is -4.47. The fraction of sp³-hybridized carbons (Fsp3) is 0.333. The van der Waals surface area contributed by atoms with Crippen LogP contribution in [0.3, 0.4) is 0 Å². The first-order valence-electron chi connectivity index (χ1n) is 9.16. The quantitative estimate of drug-likeness (QED) is 0.868. The number of nitrogens with zero attached hydrogens (tertiary/aromatic N) is 1. The summed E-state index contributed by atoms with van der Waals surface area (Å²) in [4.78, 5) is 26.9. The highest BCUT2D eigenvalue weighted by atomic mass is 19.4. The van der Waals surface area contributed by atoms with Crippen LogP contribution in [0.15, 0.2) is 48.5 Å². The predicted octanol–water partition coefficient (Wildman–Crippen LogP) is 3.86. The zero-order chi connectivity index (χ0) is 19.9. The number of carbonyl (C=O) groups is 2. The molecule has 2 aromatic carbocycles. The van der Waals surface area contributed by atoms with Gasteiger partial charge in [0.25, 0.3) is 0 Å².